The molecule has 0 aromatic rings. The number of ether oxygens (including phenoxy) is 1. The first-order chi connectivity index (χ1) is 7.88. The minimum absolute atomic E-state index is 0.347. The molecule has 1 rings (SSSR count). The van der Waals surface area contributed by atoms with Crippen LogP contribution in [0.3, 0.4) is 0 Å². The van der Waals surface area contributed by atoms with Crippen LogP contribution < -0.4 is 0 Å². The van der Waals surface area contributed by atoms with E-state index < -0.39 is 0 Å². The number of rotatable bonds is 11. The molecule has 2 heteroatoms. The van der Waals surface area contributed by atoms with E-state index in [-0.39, 0.29) is 0 Å². The predicted molar refractivity (Wildman–Crippen MR) is 67.6 cm³/mol. The average molecular weight is 228 g/mol. The van der Waals surface area contributed by atoms with Gasteiger partial charge in [-0.2, -0.15) is 0 Å². The van der Waals surface area contributed by atoms with E-state index in [0.29, 0.717) is 18.8 Å². The van der Waals surface area contributed by atoms with E-state index in [1.54, 1.807) is 0 Å². The molecule has 1 aliphatic rings. The van der Waals surface area contributed by atoms with Crippen LogP contribution in [0, 0.1) is 0 Å². The molecule has 2 atom stereocenters. The molecule has 2 unspecified atom stereocenters. The fraction of sp³-hybridized carbons (Fsp3) is 1.00. The first-order valence-corrected chi connectivity index (χ1v) is 7.14. The van der Waals surface area contributed by atoms with Crippen molar-refractivity contribution >= 4 is 0 Å². The summed E-state index contributed by atoms with van der Waals surface area (Å²) in [5.41, 5.74) is 0. The molecule has 0 bridgehead atoms. The topological polar surface area (TPSA) is 32.8 Å². The number of aliphatic hydroxyl groups excluding tert-OH is 1. The summed E-state index contributed by atoms with van der Waals surface area (Å²) in [5, 5.41) is 8.65. The van der Waals surface area contributed by atoms with Crippen molar-refractivity contribution in [3.8, 4) is 0 Å². The van der Waals surface area contributed by atoms with E-state index in [9.17, 15) is 0 Å². The van der Waals surface area contributed by atoms with Gasteiger partial charge in [0.25, 0.3) is 0 Å². The standard InChI is InChI=1S/C14H28O2/c1-2-3-4-7-10-13-14(16-13)11-8-5-6-9-12-15/h13-15H,2-12H2,1H3. The van der Waals surface area contributed by atoms with E-state index in [1.165, 1.54) is 57.8 Å². The van der Waals surface area contributed by atoms with E-state index in [0.717, 1.165) is 6.42 Å². The fourth-order valence-corrected chi connectivity index (χ4v) is 2.27. The van der Waals surface area contributed by atoms with E-state index in [2.05, 4.69) is 6.92 Å². The van der Waals surface area contributed by atoms with Gasteiger partial charge >= 0.3 is 0 Å². The maximum absolute atomic E-state index is 8.65. The zero-order valence-corrected chi connectivity index (χ0v) is 10.8. The highest BCUT2D eigenvalue weighted by molar-refractivity contribution is 4.84. The summed E-state index contributed by atoms with van der Waals surface area (Å²) >= 11 is 0. The smallest absolute Gasteiger partial charge is 0.0841 e. The predicted octanol–water partition coefficient (Wildman–Crippen LogP) is 3.67. The summed E-state index contributed by atoms with van der Waals surface area (Å²) in [6.45, 7) is 2.60. The molecular weight excluding hydrogens is 200 g/mol. The second-order valence-electron chi connectivity index (χ2n) is 4.99. The molecule has 2 nitrogen and oxygen atoms in total. The largest absolute Gasteiger partial charge is 0.396 e. The Morgan fingerprint density at radius 2 is 1.38 bits per heavy atom. The van der Waals surface area contributed by atoms with Gasteiger partial charge in [0, 0.05) is 6.61 Å². The van der Waals surface area contributed by atoms with Crippen LogP contribution in [0.1, 0.15) is 71.1 Å². The number of hydrogen-bond acceptors (Lipinski definition) is 2. The van der Waals surface area contributed by atoms with Crippen LogP contribution in [0.4, 0.5) is 0 Å². The quantitative estimate of drug-likeness (QED) is 0.432. The van der Waals surface area contributed by atoms with Gasteiger partial charge in [-0.15, -0.1) is 0 Å². The van der Waals surface area contributed by atoms with E-state index >= 15 is 0 Å². The van der Waals surface area contributed by atoms with Crippen LogP contribution in [0.2, 0.25) is 0 Å². The minimum Gasteiger partial charge on any atom is -0.396 e. The molecule has 1 aliphatic heterocycles. The van der Waals surface area contributed by atoms with Crippen LogP contribution in [0.5, 0.6) is 0 Å². The van der Waals surface area contributed by atoms with E-state index in [1.807, 2.05) is 0 Å². The lowest BCUT2D eigenvalue weighted by Gasteiger charge is -1.98. The van der Waals surface area contributed by atoms with Crippen molar-refractivity contribution in [2.45, 2.75) is 83.3 Å². The molecule has 1 N–H and O–H groups in total. The maximum Gasteiger partial charge on any atom is 0.0841 e. The summed E-state index contributed by atoms with van der Waals surface area (Å²) in [6.07, 6.45) is 13.8. The lowest BCUT2D eigenvalue weighted by atomic mass is 10.1. The summed E-state index contributed by atoms with van der Waals surface area (Å²) in [5.74, 6) is 0. The van der Waals surface area contributed by atoms with Crippen molar-refractivity contribution in [1.82, 2.24) is 0 Å². The van der Waals surface area contributed by atoms with Gasteiger partial charge in [0.05, 0.1) is 12.2 Å². The van der Waals surface area contributed by atoms with Crippen LogP contribution in [0.15, 0.2) is 0 Å². The Morgan fingerprint density at radius 1 is 0.812 bits per heavy atom. The molecule has 0 aliphatic carbocycles. The van der Waals surface area contributed by atoms with Crippen LogP contribution >= 0.6 is 0 Å². The number of hydrogen-bond donors (Lipinski definition) is 1. The van der Waals surface area contributed by atoms with Crippen molar-refractivity contribution in [2.24, 2.45) is 0 Å². The number of unbranched alkanes of at least 4 members (excludes halogenated alkanes) is 6. The van der Waals surface area contributed by atoms with Gasteiger partial charge in [0.2, 0.25) is 0 Å². The Morgan fingerprint density at radius 3 is 1.94 bits per heavy atom. The van der Waals surface area contributed by atoms with Crippen LogP contribution in [-0.2, 0) is 4.74 Å². The molecule has 0 radical (unpaired) electrons. The van der Waals surface area contributed by atoms with E-state index in [4.69, 9.17) is 9.84 Å². The third-order valence-electron chi connectivity index (χ3n) is 3.43. The lowest BCUT2D eigenvalue weighted by Crippen LogP contribution is -1.95. The molecule has 1 heterocycles. The Labute approximate surface area is 100 Å². The Kier molecular flexibility index (Phi) is 7.87. The van der Waals surface area contributed by atoms with Crippen molar-refractivity contribution in [3.63, 3.8) is 0 Å². The van der Waals surface area contributed by atoms with Crippen molar-refractivity contribution in [3.05, 3.63) is 0 Å². The van der Waals surface area contributed by atoms with Gasteiger partial charge in [-0.05, 0) is 19.3 Å². The second-order valence-corrected chi connectivity index (χ2v) is 4.99. The molecule has 0 spiro atoms. The van der Waals surface area contributed by atoms with Gasteiger partial charge in [0.1, 0.15) is 0 Å². The molecule has 1 saturated heterocycles. The molecule has 96 valence electrons. The molecular formula is C14H28O2. The first-order valence-electron chi connectivity index (χ1n) is 7.14. The zero-order chi connectivity index (χ0) is 11.6. The fourth-order valence-electron chi connectivity index (χ4n) is 2.27. The first kappa shape index (κ1) is 14.0. The average Bonchev–Trinajstić information content (AvgIpc) is 3.03. The van der Waals surface area contributed by atoms with Crippen LogP contribution in [-0.4, -0.2) is 23.9 Å². The monoisotopic (exact) mass is 228 g/mol. The highest BCUT2D eigenvalue weighted by atomic mass is 16.6. The highest BCUT2D eigenvalue weighted by Crippen LogP contribution is 2.31. The Hall–Kier alpha value is -0.0800. The summed E-state index contributed by atoms with van der Waals surface area (Å²) < 4.78 is 5.65. The Balaban J connectivity index is 1.79. The van der Waals surface area contributed by atoms with Crippen molar-refractivity contribution < 1.29 is 9.84 Å². The zero-order valence-electron chi connectivity index (χ0n) is 10.8. The van der Waals surface area contributed by atoms with Crippen molar-refractivity contribution in [2.75, 3.05) is 6.61 Å². The highest BCUT2D eigenvalue weighted by Gasteiger charge is 2.36. The van der Waals surface area contributed by atoms with Gasteiger partial charge < -0.3 is 9.84 Å². The normalized spacial score (nSPS) is 23.6. The molecule has 0 aromatic carbocycles. The lowest BCUT2D eigenvalue weighted by molar-refractivity contribution is 0.281. The second kappa shape index (κ2) is 9.00. The number of epoxide rings is 1. The van der Waals surface area contributed by atoms with Gasteiger partial charge in [0.15, 0.2) is 0 Å². The maximum atomic E-state index is 8.65. The molecule has 0 amide bonds. The number of aliphatic hydroxyl groups is 1. The van der Waals surface area contributed by atoms with Crippen LogP contribution in [0.25, 0.3) is 0 Å². The summed E-state index contributed by atoms with van der Waals surface area (Å²) in [4.78, 5) is 0. The van der Waals surface area contributed by atoms with Gasteiger partial charge in [-0.1, -0.05) is 51.9 Å². The summed E-state index contributed by atoms with van der Waals surface area (Å²) in [6, 6.07) is 0. The SMILES string of the molecule is CCCCCCC1OC1CCCCCCO. The molecule has 0 aromatic heterocycles. The third-order valence-corrected chi connectivity index (χ3v) is 3.43. The van der Waals surface area contributed by atoms with Gasteiger partial charge in [-0.25, -0.2) is 0 Å². The van der Waals surface area contributed by atoms with Gasteiger partial charge in [-0.3, -0.25) is 0 Å². The third kappa shape index (κ3) is 6.49. The van der Waals surface area contributed by atoms with Crippen molar-refractivity contribution in [1.29, 1.82) is 0 Å². The molecule has 1 fully saturated rings. The minimum atomic E-state index is 0.347. The molecule has 16 heavy (non-hydrogen) atoms. The summed E-state index contributed by atoms with van der Waals surface area (Å²) in [7, 11) is 0. The molecule has 0 saturated carbocycles. The Bertz CT molecular complexity index is 159.